The molecule has 3 aromatic heterocycles. The summed E-state index contributed by atoms with van der Waals surface area (Å²) in [4.78, 5) is 32.7. The Kier molecular flexibility index (Phi) is 6.36. The number of pyridine rings is 2. The molecule has 2 N–H and O–H groups in total. The van der Waals surface area contributed by atoms with Crippen molar-refractivity contribution in [3.63, 3.8) is 0 Å². The Hall–Kier alpha value is -4.86. The second-order valence-electron chi connectivity index (χ2n) is 9.39. The molecule has 39 heavy (non-hydrogen) atoms. The van der Waals surface area contributed by atoms with Crippen LogP contribution in [0.3, 0.4) is 0 Å². The van der Waals surface area contributed by atoms with E-state index in [1.165, 1.54) is 18.3 Å². The van der Waals surface area contributed by atoms with Crippen molar-refractivity contribution in [2.75, 3.05) is 6.61 Å². The molecule has 9 nitrogen and oxygen atoms in total. The summed E-state index contributed by atoms with van der Waals surface area (Å²) < 4.78 is 22.2. The summed E-state index contributed by atoms with van der Waals surface area (Å²) in [7, 11) is 0. The van der Waals surface area contributed by atoms with Gasteiger partial charge < -0.3 is 15.0 Å². The first-order chi connectivity index (χ1) is 19.0. The molecule has 3 heterocycles. The molecule has 196 valence electrons. The van der Waals surface area contributed by atoms with E-state index in [2.05, 4.69) is 25.5 Å². The number of H-pyrrole nitrogens is 1. The fourth-order valence-electron chi connectivity index (χ4n) is 4.96. The van der Waals surface area contributed by atoms with Gasteiger partial charge in [0.2, 0.25) is 0 Å². The van der Waals surface area contributed by atoms with Gasteiger partial charge in [-0.3, -0.25) is 14.2 Å². The number of nitrogens with zero attached hydrogens (tertiary/aromatic N) is 4. The van der Waals surface area contributed by atoms with Crippen LogP contribution in [0.2, 0.25) is 0 Å². The number of benzene rings is 2. The van der Waals surface area contributed by atoms with Crippen molar-refractivity contribution >= 4 is 16.8 Å². The van der Waals surface area contributed by atoms with E-state index in [9.17, 15) is 14.0 Å². The van der Waals surface area contributed by atoms with E-state index >= 15 is 0 Å². The second-order valence-corrected chi connectivity index (χ2v) is 9.39. The van der Waals surface area contributed by atoms with Crippen LogP contribution >= 0.6 is 0 Å². The zero-order valence-electron chi connectivity index (χ0n) is 21.1. The van der Waals surface area contributed by atoms with Gasteiger partial charge in [0, 0.05) is 29.6 Å². The molecule has 0 saturated heterocycles. The number of carbonyl (C=O) groups excluding carboxylic acids is 1. The Bertz CT molecular complexity index is 1720. The Morgan fingerprint density at radius 2 is 1.95 bits per heavy atom. The van der Waals surface area contributed by atoms with Crippen molar-refractivity contribution in [2.24, 2.45) is 0 Å². The lowest BCUT2D eigenvalue weighted by molar-refractivity contribution is 0.0908. The van der Waals surface area contributed by atoms with Crippen molar-refractivity contribution in [3.8, 4) is 23.0 Å². The number of hydrogen-bond donors (Lipinski definition) is 2. The molecule has 10 heteroatoms. The van der Waals surface area contributed by atoms with Crippen LogP contribution in [0.15, 0.2) is 77.9 Å². The van der Waals surface area contributed by atoms with E-state index in [0.29, 0.717) is 64.7 Å². The standard InChI is InChI=1S/C29H25FN6O3/c1-2-39-19-10-11-23(32-16-19)28-35-34-27(36(28)24-9-4-3-8-22(24)30)17-14-18(15-17)33-29(38)21-7-5-6-20-25(37)12-13-31-26(20)21/h3-13,16-18H,2,14-15H2,1H3,(H,31,37)(H,33,38). The molecule has 0 bridgehead atoms. The van der Waals surface area contributed by atoms with Crippen molar-refractivity contribution in [2.45, 2.75) is 31.7 Å². The fourth-order valence-corrected chi connectivity index (χ4v) is 4.96. The number of para-hydroxylation sites is 2. The number of nitrogens with one attached hydrogen (secondary N) is 2. The molecule has 1 aliphatic rings. The summed E-state index contributed by atoms with van der Waals surface area (Å²) in [5.41, 5.74) is 1.63. The molecule has 1 fully saturated rings. The molecule has 6 rings (SSSR count). The lowest BCUT2D eigenvalue weighted by atomic mass is 9.79. The molecule has 0 aliphatic heterocycles. The topological polar surface area (TPSA) is 115 Å². The highest BCUT2D eigenvalue weighted by Crippen LogP contribution is 2.39. The number of aromatic nitrogens is 5. The minimum Gasteiger partial charge on any atom is -0.492 e. The quantitative estimate of drug-likeness (QED) is 0.327. The van der Waals surface area contributed by atoms with Gasteiger partial charge in [-0.2, -0.15) is 0 Å². The summed E-state index contributed by atoms with van der Waals surface area (Å²) in [6.07, 6.45) is 4.36. The van der Waals surface area contributed by atoms with Crippen molar-refractivity contribution in [1.29, 1.82) is 0 Å². The van der Waals surface area contributed by atoms with Crippen LogP contribution in [0.1, 0.15) is 41.9 Å². The monoisotopic (exact) mass is 524 g/mol. The van der Waals surface area contributed by atoms with Gasteiger partial charge in [0.05, 0.1) is 29.6 Å². The predicted octanol–water partition coefficient (Wildman–Crippen LogP) is 4.38. The summed E-state index contributed by atoms with van der Waals surface area (Å²) in [6, 6.07) is 16.4. The molecule has 0 radical (unpaired) electrons. The van der Waals surface area contributed by atoms with Gasteiger partial charge in [-0.15, -0.1) is 10.2 Å². The second kappa shape index (κ2) is 10.1. The highest BCUT2D eigenvalue weighted by atomic mass is 19.1. The minimum absolute atomic E-state index is 0.0498. The zero-order chi connectivity index (χ0) is 26.9. The van der Waals surface area contributed by atoms with E-state index < -0.39 is 5.82 Å². The molecule has 2 aromatic carbocycles. The van der Waals surface area contributed by atoms with Gasteiger partial charge >= 0.3 is 0 Å². The lowest BCUT2D eigenvalue weighted by Gasteiger charge is -2.35. The molecule has 0 atom stereocenters. The van der Waals surface area contributed by atoms with Gasteiger partial charge in [-0.05, 0) is 56.2 Å². The number of ether oxygens (including phenoxy) is 1. The SMILES string of the molecule is CCOc1ccc(-c2nnc(C3CC(NC(=O)c4cccc5c(=O)cc[nH]c45)C3)n2-c2ccccc2F)nc1. The largest absolute Gasteiger partial charge is 0.492 e. The summed E-state index contributed by atoms with van der Waals surface area (Å²) in [5, 5.41) is 12.3. The smallest absolute Gasteiger partial charge is 0.253 e. The maximum atomic E-state index is 15.0. The Morgan fingerprint density at radius 3 is 2.72 bits per heavy atom. The third kappa shape index (κ3) is 4.54. The lowest BCUT2D eigenvalue weighted by Crippen LogP contribution is -2.44. The van der Waals surface area contributed by atoms with Crippen LogP contribution in [0.4, 0.5) is 4.39 Å². The third-order valence-corrected chi connectivity index (χ3v) is 6.93. The normalized spacial score (nSPS) is 16.6. The fraction of sp³-hybridized carbons (Fsp3) is 0.207. The van der Waals surface area contributed by atoms with E-state index in [4.69, 9.17) is 4.74 Å². The van der Waals surface area contributed by atoms with Gasteiger partial charge in [0.25, 0.3) is 5.91 Å². The molecule has 1 saturated carbocycles. The number of amides is 1. The number of carbonyl (C=O) groups is 1. The molecule has 0 unspecified atom stereocenters. The maximum absolute atomic E-state index is 15.0. The van der Waals surface area contributed by atoms with Crippen LogP contribution in [0, 0.1) is 5.82 Å². The Balaban J connectivity index is 1.26. The summed E-state index contributed by atoms with van der Waals surface area (Å²) >= 11 is 0. The van der Waals surface area contributed by atoms with E-state index in [1.54, 1.807) is 59.3 Å². The number of fused-ring (bicyclic) bond motifs is 1. The van der Waals surface area contributed by atoms with Crippen molar-refractivity contribution in [3.05, 3.63) is 100 Å². The predicted molar refractivity (Wildman–Crippen MR) is 144 cm³/mol. The van der Waals surface area contributed by atoms with Crippen molar-refractivity contribution in [1.82, 2.24) is 30.0 Å². The van der Waals surface area contributed by atoms with E-state index in [1.807, 2.05) is 6.92 Å². The Labute approximate surface area is 222 Å². The number of aromatic amines is 1. The average Bonchev–Trinajstić information content (AvgIpc) is 3.35. The zero-order valence-corrected chi connectivity index (χ0v) is 21.1. The van der Waals surface area contributed by atoms with Gasteiger partial charge in [0.15, 0.2) is 11.3 Å². The average molecular weight is 525 g/mol. The Morgan fingerprint density at radius 1 is 1.10 bits per heavy atom. The van der Waals surface area contributed by atoms with Crippen LogP contribution in [0.25, 0.3) is 28.1 Å². The van der Waals surface area contributed by atoms with Crippen LogP contribution in [-0.2, 0) is 0 Å². The summed E-state index contributed by atoms with van der Waals surface area (Å²) in [5.74, 6) is 0.939. The van der Waals surface area contributed by atoms with Crippen LogP contribution in [-0.4, -0.2) is 43.3 Å². The van der Waals surface area contributed by atoms with E-state index in [0.717, 1.165) is 0 Å². The molecule has 1 aliphatic carbocycles. The molecular weight excluding hydrogens is 499 g/mol. The number of hydrogen-bond acceptors (Lipinski definition) is 6. The minimum atomic E-state index is -0.403. The van der Waals surface area contributed by atoms with Gasteiger partial charge in [0.1, 0.15) is 23.1 Å². The highest BCUT2D eigenvalue weighted by Gasteiger charge is 2.36. The molecular formula is C29H25FN6O3. The van der Waals surface area contributed by atoms with E-state index in [-0.39, 0.29) is 23.3 Å². The van der Waals surface area contributed by atoms with Crippen molar-refractivity contribution < 1.29 is 13.9 Å². The maximum Gasteiger partial charge on any atom is 0.253 e. The summed E-state index contributed by atoms with van der Waals surface area (Å²) in [6.45, 7) is 2.42. The van der Waals surface area contributed by atoms with Gasteiger partial charge in [-0.25, -0.2) is 9.37 Å². The highest BCUT2D eigenvalue weighted by molar-refractivity contribution is 6.05. The molecule has 1 amide bonds. The van der Waals surface area contributed by atoms with Crippen LogP contribution < -0.4 is 15.5 Å². The van der Waals surface area contributed by atoms with Crippen LogP contribution in [0.5, 0.6) is 5.75 Å². The number of rotatable bonds is 7. The van der Waals surface area contributed by atoms with Gasteiger partial charge in [-0.1, -0.05) is 18.2 Å². The molecule has 5 aromatic rings. The number of halogens is 1. The first kappa shape index (κ1) is 24.5. The first-order valence-electron chi connectivity index (χ1n) is 12.7. The first-order valence-corrected chi connectivity index (χ1v) is 12.7. The molecule has 0 spiro atoms. The third-order valence-electron chi connectivity index (χ3n) is 6.93.